The largest absolute Gasteiger partial charge is 0.361 e. The van der Waals surface area contributed by atoms with Crippen LogP contribution >= 0.6 is 23.8 Å². The lowest BCUT2D eigenvalue weighted by molar-refractivity contribution is 0.292. The molecule has 0 unspecified atom stereocenters. The van der Waals surface area contributed by atoms with E-state index in [4.69, 9.17) is 33.8 Å². The number of benzene rings is 1. The van der Waals surface area contributed by atoms with Gasteiger partial charge in [0, 0.05) is 48.7 Å². The third-order valence-corrected chi connectivity index (χ3v) is 9.45. The Morgan fingerprint density at radius 2 is 1.74 bits per heavy atom. The van der Waals surface area contributed by atoms with E-state index in [2.05, 4.69) is 58.5 Å². The van der Waals surface area contributed by atoms with Crippen LogP contribution in [0, 0.1) is 5.92 Å². The summed E-state index contributed by atoms with van der Waals surface area (Å²) in [6.45, 7) is 8.55. The Morgan fingerprint density at radius 1 is 0.974 bits per heavy atom. The van der Waals surface area contributed by atoms with Crippen molar-refractivity contribution in [2.24, 2.45) is 5.92 Å². The third-order valence-electron chi connectivity index (χ3n) is 8.96. The fraction of sp³-hybridized carbons (Fsp3) is 0.633. The smallest absolute Gasteiger partial charge is 0.232 e. The van der Waals surface area contributed by atoms with Crippen LogP contribution in [-0.4, -0.2) is 47.3 Å². The molecule has 2 saturated heterocycles. The van der Waals surface area contributed by atoms with Gasteiger partial charge in [-0.15, -0.1) is 0 Å². The van der Waals surface area contributed by atoms with Crippen molar-refractivity contribution in [3.05, 3.63) is 40.9 Å². The van der Waals surface area contributed by atoms with Crippen molar-refractivity contribution in [1.82, 2.24) is 15.3 Å². The van der Waals surface area contributed by atoms with Crippen LogP contribution in [0.4, 0.5) is 17.6 Å². The lowest BCUT2D eigenvalue weighted by atomic mass is 9.69. The number of hydrogen-bond acceptors (Lipinski definition) is 5. The van der Waals surface area contributed by atoms with Crippen LogP contribution in [0.2, 0.25) is 5.02 Å². The number of nitrogens with one attached hydrogen (secondary N) is 2. The lowest BCUT2D eigenvalue weighted by Gasteiger charge is -2.38. The van der Waals surface area contributed by atoms with Crippen LogP contribution < -0.4 is 20.4 Å². The molecule has 3 fully saturated rings. The van der Waals surface area contributed by atoms with Gasteiger partial charge >= 0.3 is 0 Å². The molecule has 2 aliphatic heterocycles. The summed E-state index contributed by atoms with van der Waals surface area (Å²) in [5.74, 6) is 3.38. The van der Waals surface area contributed by atoms with Gasteiger partial charge in [-0.25, -0.2) is 0 Å². The number of nitrogens with zero attached hydrogens (tertiary/aromatic N) is 4. The van der Waals surface area contributed by atoms with Crippen LogP contribution in [0.25, 0.3) is 0 Å². The highest BCUT2D eigenvalue weighted by molar-refractivity contribution is 7.80. The summed E-state index contributed by atoms with van der Waals surface area (Å²) in [5, 5.41) is 8.28. The van der Waals surface area contributed by atoms with E-state index < -0.39 is 0 Å². The minimum absolute atomic E-state index is 0.0382. The molecule has 0 radical (unpaired) electrons. The van der Waals surface area contributed by atoms with E-state index in [1.807, 2.05) is 6.07 Å². The average molecular weight is 555 g/mol. The second kappa shape index (κ2) is 12.4. The molecule has 5 rings (SSSR count). The topological polar surface area (TPSA) is 56.3 Å². The molecule has 8 heteroatoms. The SMILES string of the molecule is CC1CCN(c2cc(N3CCCC[C@H]3C)nc(NC(=S)NCC3(c4cccc(Cl)c4)CCCCC3)n2)CC1. The predicted octanol–water partition coefficient (Wildman–Crippen LogP) is 6.93. The van der Waals surface area contributed by atoms with E-state index in [1.165, 1.54) is 56.9 Å². The number of halogens is 1. The molecule has 0 bridgehead atoms. The fourth-order valence-electron chi connectivity index (χ4n) is 6.47. The first-order valence-corrected chi connectivity index (χ1v) is 15.4. The van der Waals surface area contributed by atoms with Crippen molar-refractivity contribution in [2.75, 3.05) is 41.3 Å². The highest BCUT2D eigenvalue weighted by Crippen LogP contribution is 2.40. The average Bonchev–Trinajstić information content (AvgIpc) is 2.93. The fourth-order valence-corrected chi connectivity index (χ4v) is 6.83. The monoisotopic (exact) mass is 554 g/mol. The second-order valence-corrected chi connectivity index (χ2v) is 12.6. The lowest BCUT2D eigenvalue weighted by Crippen LogP contribution is -2.44. The zero-order chi connectivity index (χ0) is 26.5. The van der Waals surface area contributed by atoms with E-state index in [-0.39, 0.29) is 5.41 Å². The molecule has 3 heterocycles. The van der Waals surface area contributed by atoms with Crippen molar-refractivity contribution in [2.45, 2.75) is 89.5 Å². The number of piperidine rings is 2. The van der Waals surface area contributed by atoms with Gasteiger partial charge in [-0.05, 0) is 87.7 Å². The standard InChI is InChI=1S/C30H43ClN6S/c1-22-12-17-36(18-13-22)26-20-27(37-16-7-4-9-23(37)2)34-28(33-26)35-29(38)32-21-30(14-5-3-6-15-30)24-10-8-11-25(31)19-24/h8,10-11,19-20,22-23H,3-7,9,12-18,21H2,1-2H3,(H2,32,33,34,35,38)/t23-/m1/s1. The van der Waals surface area contributed by atoms with Gasteiger partial charge in [0.25, 0.3) is 0 Å². The van der Waals surface area contributed by atoms with Gasteiger partial charge in [-0.2, -0.15) is 9.97 Å². The molecule has 1 saturated carbocycles. The predicted molar refractivity (Wildman–Crippen MR) is 164 cm³/mol. The molecule has 1 aromatic heterocycles. The molecular formula is C30H43ClN6S. The Kier molecular flexibility index (Phi) is 8.94. The summed E-state index contributed by atoms with van der Waals surface area (Å²) in [7, 11) is 0. The van der Waals surface area contributed by atoms with Crippen LogP contribution in [0.1, 0.15) is 83.6 Å². The van der Waals surface area contributed by atoms with E-state index >= 15 is 0 Å². The summed E-state index contributed by atoms with van der Waals surface area (Å²) >= 11 is 12.2. The highest BCUT2D eigenvalue weighted by atomic mass is 35.5. The zero-order valence-electron chi connectivity index (χ0n) is 23.0. The van der Waals surface area contributed by atoms with Gasteiger partial charge in [0.15, 0.2) is 5.11 Å². The molecule has 1 aromatic carbocycles. The first-order chi connectivity index (χ1) is 18.4. The number of thiocarbonyl (C=S) groups is 1. The van der Waals surface area contributed by atoms with E-state index in [9.17, 15) is 0 Å². The molecule has 6 nitrogen and oxygen atoms in total. The second-order valence-electron chi connectivity index (χ2n) is 11.8. The Bertz CT molecular complexity index is 1100. The summed E-state index contributed by atoms with van der Waals surface area (Å²) in [6.07, 6.45) is 12.1. The highest BCUT2D eigenvalue weighted by Gasteiger charge is 2.34. The minimum atomic E-state index is 0.0382. The molecule has 1 atom stereocenters. The third kappa shape index (κ3) is 6.53. The molecule has 2 aromatic rings. The Morgan fingerprint density at radius 3 is 2.47 bits per heavy atom. The summed E-state index contributed by atoms with van der Waals surface area (Å²) in [5.41, 5.74) is 1.34. The Balaban J connectivity index is 1.33. The van der Waals surface area contributed by atoms with Gasteiger partial charge in [-0.3, -0.25) is 0 Å². The molecule has 3 aliphatic rings. The van der Waals surface area contributed by atoms with Crippen molar-refractivity contribution < 1.29 is 0 Å². The summed E-state index contributed by atoms with van der Waals surface area (Å²) in [6, 6.07) is 11.0. The maximum absolute atomic E-state index is 6.39. The van der Waals surface area contributed by atoms with Crippen molar-refractivity contribution in [1.29, 1.82) is 0 Å². The van der Waals surface area contributed by atoms with Crippen LogP contribution in [0.15, 0.2) is 30.3 Å². The number of aromatic nitrogens is 2. The first-order valence-electron chi connectivity index (χ1n) is 14.6. The molecule has 1 aliphatic carbocycles. The molecule has 0 spiro atoms. The number of anilines is 3. The number of rotatable bonds is 6. The van der Waals surface area contributed by atoms with Gasteiger partial charge in [0.05, 0.1) is 0 Å². The van der Waals surface area contributed by atoms with Crippen LogP contribution in [0.3, 0.4) is 0 Å². The Hall–Kier alpha value is -2.12. The van der Waals surface area contributed by atoms with Crippen LogP contribution in [0.5, 0.6) is 0 Å². The first kappa shape index (κ1) is 27.4. The molecule has 2 N–H and O–H groups in total. The normalized spacial score (nSPS) is 22.2. The minimum Gasteiger partial charge on any atom is -0.361 e. The molecule has 0 amide bonds. The number of hydrogen-bond donors (Lipinski definition) is 2. The molecule has 38 heavy (non-hydrogen) atoms. The maximum Gasteiger partial charge on any atom is 0.232 e. The van der Waals surface area contributed by atoms with E-state index in [0.717, 1.165) is 61.6 Å². The quantitative estimate of drug-likeness (QED) is 0.375. The van der Waals surface area contributed by atoms with Crippen molar-refractivity contribution in [3.8, 4) is 0 Å². The molecule has 206 valence electrons. The van der Waals surface area contributed by atoms with Gasteiger partial charge < -0.3 is 20.4 Å². The Labute approximate surface area is 238 Å². The van der Waals surface area contributed by atoms with E-state index in [0.29, 0.717) is 17.1 Å². The van der Waals surface area contributed by atoms with Gasteiger partial charge in [0.1, 0.15) is 11.6 Å². The van der Waals surface area contributed by atoms with Gasteiger partial charge in [-0.1, -0.05) is 49.9 Å². The van der Waals surface area contributed by atoms with Crippen molar-refractivity contribution >= 4 is 46.5 Å². The molecular weight excluding hydrogens is 512 g/mol. The maximum atomic E-state index is 6.39. The zero-order valence-corrected chi connectivity index (χ0v) is 24.6. The van der Waals surface area contributed by atoms with Crippen LogP contribution in [-0.2, 0) is 5.41 Å². The van der Waals surface area contributed by atoms with E-state index in [1.54, 1.807) is 0 Å². The summed E-state index contributed by atoms with van der Waals surface area (Å²) < 4.78 is 0. The van der Waals surface area contributed by atoms with Gasteiger partial charge in [0.2, 0.25) is 5.95 Å². The summed E-state index contributed by atoms with van der Waals surface area (Å²) in [4.78, 5) is 14.8. The van der Waals surface area contributed by atoms with Crippen molar-refractivity contribution in [3.63, 3.8) is 0 Å².